The zero-order valence-electron chi connectivity index (χ0n) is 24.0. The van der Waals surface area contributed by atoms with E-state index < -0.39 is 35.4 Å². The molecule has 0 aliphatic carbocycles. The van der Waals surface area contributed by atoms with Gasteiger partial charge in [-0.15, -0.1) is 10.2 Å². The van der Waals surface area contributed by atoms with Crippen molar-refractivity contribution in [2.75, 3.05) is 0 Å². The van der Waals surface area contributed by atoms with Gasteiger partial charge in [0, 0.05) is 43.1 Å². The first-order valence-corrected chi connectivity index (χ1v) is 14.0. The Morgan fingerprint density at radius 1 is 1.07 bits per heavy atom. The summed E-state index contributed by atoms with van der Waals surface area (Å²) in [6, 6.07) is 8.09. The molecule has 2 N–H and O–H groups in total. The van der Waals surface area contributed by atoms with E-state index in [2.05, 4.69) is 32.0 Å². The minimum Gasteiger partial charge on any atom is -0.404 e. The summed E-state index contributed by atoms with van der Waals surface area (Å²) in [5, 5.41) is 9.16. The normalized spacial score (nSPS) is 12.4. The van der Waals surface area contributed by atoms with Gasteiger partial charge in [0.05, 0.1) is 11.6 Å². The number of hydrogen-bond donors (Lipinski definition) is 1. The zero-order chi connectivity index (χ0) is 30.3. The minimum atomic E-state index is -3.28. The Labute approximate surface area is 238 Å². The van der Waals surface area contributed by atoms with Crippen molar-refractivity contribution >= 4 is 17.6 Å². The Morgan fingerprint density at radius 2 is 1.77 bits per heavy atom. The van der Waals surface area contributed by atoms with E-state index in [-0.39, 0.29) is 5.56 Å². The third-order valence-electron chi connectivity index (χ3n) is 5.34. The van der Waals surface area contributed by atoms with Gasteiger partial charge in [0.2, 0.25) is 0 Å². The molecule has 1 atom stereocenters. The first-order valence-electron chi connectivity index (χ1n) is 13.2. The van der Waals surface area contributed by atoms with Gasteiger partial charge in [-0.05, 0) is 36.1 Å². The van der Waals surface area contributed by atoms with Gasteiger partial charge in [0.1, 0.15) is 5.69 Å². The molecule has 0 radical (unpaired) electrons. The van der Waals surface area contributed by atoms with Crippen molar-refractivity contribution in [2.45, 2.75) is 79.2 Å². The fourth-order valence-corrected chi connectivity index (χ4v) is 3.99. The molecule has 0 saturated heterocycles. The van der Waals surface area contributed by atoms with Gasteiger partial charge in [-0.3, -0.25) is 9.98 Å². The van der Waals surface area contributed by atoms with Crippen molar-refractivity contribution in [3.05, 3.63) is 76.1 Å². The number of aliphatic imine (C=N–C) groups is 1. The molecule has 0 aliphatic rings. The zero-order valence-corrected chi connectivity index (χ0v) is 24.8. The molecule has 0 bridgehead atoms. The first kappa shape index (κ1) is 34.4. The average molecular weight is 576 g/mol. The summed E-state index contributed by atoms with van der Waals surface area (Å²) in [5.74, 6) is -0.821. The third-order valence-corrected chi connectivity index (χ3v) is 6.20. The molecule has 10 heteroatoms. The molecule has 1 unspecified atom stereocenters. The smallest absolute Gasteiger partial charge is 0.273 e. The number of rotatable bonds is 8. The summed E-state index contributed by atoms with van der Waals surface area (Å²) >= 11 is 1.26. The van der Waals surface area contributed by atoms with Crippen molar-refractivity contribution in [3.63, 3.8) is 0 Å². The SMILES string of the molecule is CC.CC.CCC(N=C/C(C#Cc1nnc(-c2ccccn2)s1)=C\N)c1ccc(C(C)(F)F)cc1C(F)(F)CC. The molecule has 216 valence electrons. The number of hydrogen-bond acceptors (Lipinski definition) is 6. The maximum atomic E-state index is 14.7. The lowest BCUT2D eigenvalue weighted by Gasteiger charge is -2.24. The molecule has 1 aromatic carbocycles. The molecule has 5 nitrogen and oxygen atoms in total. The topological polar surface area (TPSA) is 77.0 Å². The number of halogens is 4. The van der Waals surface area contributed by atoms with E-state index in [4.69, 9.17) is 5.73 Å². The molecule has 2 heterocycles. The van der Waals surface area contributed by atoms with Gasteiger partial charge in [0.15, 0.2) is 10.0 Å². The van der Waals surface area contributed by atoms with E-state index in [1.54, 1.807) is 19.2 Å². The number of allylic oxidation sites excluding steroid dienone is 1. The van der Waals surface area contributed by atoms with Crippen LogP contribution in [0.1, 0.15) is 89.0 Å². The second-order valence-electron chi connectivity index (χ2n) is 7.95. The summed E-state index contributed by atoms with van der Waals surface area (Å²) < 4.78 is 57.2. The van der Waals surface area contributed by atoms with Crippen LogP contribution in [0.15, 0.2) is 59.4 Å². The molecular formula is C30H37F4N5S. The van der Waals surface area contributed by atoms with Crippen LogP contribution in [0.3, 0.4) is 0 Å². The molecule has 0 aliphatic heterocycles. The Kier molecular flexibility index (Phi) is 14.2. The van der Waals surface area contributed by atoms with E-state index >= 15 is 0 Å². The monoisotopic (exact) mass is 575 g/mol. The second kappa shape index (κ2) is 16.5. The van der Waals surface area contributed by atoms with Crippen LogP contribution >= 0.6 is 11.3 Å². The van der Waals surface area contributed by atoms with E-state index in [9.17, 15) is 17.6 Å². The number of nitrogens with two attached hydrogens (primary N) is 1. The lowest BCUT2D eigenvalue weighted by atomic mass is 9.90. The van der Waals surface area contributed by atoms with E-state index in [1.165, 1.54) is 36.7 Å². The lowest BCUT2D eigenvalue weighted by Crippen LogP contribution is -2.18. The first-order chi connectivity index (χ1) is 19.1. The number of alkyl halides is 4. The van der Waals surface area contributed by atoms with Crippen LogP contribution in [-0.2, 0) is 11.8 Å². The number of pyridine rings is 1. The molecule has 0 fully saturated rings. The molecule has 40 heavy (non-hydrogen) atoms. The highest BCUT2D eigenvalue weighted by molar-refractivity contribution is 7.15. The summed E-state index contributed by atoms with van der Waals surface area (Å²) in [6.07, 6.45) is 4.12. The van der Waals surface area contributed by atoms with Crippen LogP contribution in [0.4, 0.5) is 17.6 Å². The Bertz CT molecular complexity index is 1300. The van der Waals surface area contributed by atoms with Crippen LogP contribution in [0.25, 0.3) is 10.7 Å². The highest BCUT2D eigenvalue weighted by Gasteiger charge is 2.36. The predicted octanol–water partition coefficient (Wildman–Crippen LogP) is 8.68. The fraction of sp³-hybridized carbons (Fsp3) is 0.400. The van der Waals surface area contributed by atoms with Crippen molar-refractivity contribution < 1.29 is 17.6 Å². The Balaban J connectivity index is 0.00000191. The summed E-state index contributed by atoms with van der Waals surface area (Å²) in [6.45, 7) is 11.8. The predicted molar refractivity (Wildman–Crippen MR) is 157 cm³/mol. The fourth-order valence-electron chi connectivity index (χ4n) is 3.31. The maximum Gasteiger partial charge on any atom is 0.273 e. The Hall–Kier alpha value is -3.58. The van der Waals surface area contributed by atoms with E-state index in [0.29, 0.717) is 34.6 Å². The van der Waals surface area contributed by atoms with Crippen LogP contribution in [0.2, 0.25) is 0 Å². The highest BCUT2D eigenvalue weighted by atomic mass is 32.1. The maximum absolute atomic E-state index is 14.7. The van der Waals surface area contributed by atoms with Crippen molar-refractivity contribution in [3.8, 4) is 22.5 Å². The van der Waals surface area contributed by atoms with Gasteiger partial charge < -0.3 is 5.73 Å². The molecule has 0 saturated carbocycles. The number of aromatic nitrogens is 3. The standard InChI is InChI=1S/C26H25F4N5S.2C2H6/c1-4-21(19-11-10-18(25(3,27)28)14-20(19)26(29,30)5-2)33-16-17(15-31)9-12-23-34-35-24(36-23)22-8-6-7-13-32-22;2*1-2/h6-8,10-11,13-16,21H,4-5,31H2,1-3H3;2*1-2H3/b17-15-,33-16?;;. The van der Waals surface area contributed by atoms with Gasteiger partial charge in [-0.2, -0.15) is 0 Å². The van der Waals surface area contributed by atoms with Crippen LogP contribution in [-0.4, -0.2) is 21.4 Å². The molecule has 3 aromatic rings. The minimum absolute atomic E-state index is 0.182. The van der Waals surface area contributed by atoms with Gasteiger partial charge in [-0.1, -0.05) is 77.0 Å². The Morgan fingerprint density at radius 3 is 2.33 bits per heavy atom. The van der Waals surface area contributed by atoms with Crippen molar-refractivity contribution in [2.24, 2.45) is 10.7 Å². The molecule has 0 spiro atoms. The summed E-state index contributed by atoms with van der Waals surface area (Å²) in [7, 11) is 0. The molecular weight excluding hydrogens is 538 g/mol. The average Bonchev–Trinajstić information content (AvgIpc) is 3.46. The second-order valence-corrected chi connectivity index (χ2v) is 8.93. The number of nitrogens with zero attached hydrogens (tertiary/aromatic N) is 4. The molecule has 3 rings (SSSR count). The third kappa shape index (κ3) is 9.56. The van der Waals surface area contributed by atoms with E-state index in [0.717, 1.165) is 12.1 Å². The van der Waals surface area contributed by atoms with Crippen molar-refractivity contribution in [1.82, 2.24) is 15.2 Å². The quantitative estimate of drug-likeness (QED) is 0.166. The van der Waals surface area contributed by atoms with Crippen molar-refractivity contribution in [1.29, 1.82) is 0 Å². The van der Waals surface area contributed by atoms with Gasteiger partial charge in [0.25, 0.3) is 11.8 Å². The highest BCUT2D eigenvalue weighted by Crippen LogP contribution is 2.41. The van der Waals surface area contributed by atoms with Crippen LogP contribution < -0.4 is 5.73 Å². The largest absolute Gasteiger partial charge is 0.404 e. The van der Waals surface area contributed by atoms with Gasteiger partial charge >= 0.3 is 0 Å². The van der Waals surface area contributed by atoms with E-state index in [1.807, 2.05) is 39.8 Å². The summed E-state index contributed by atoms with van der Waals surface area (Å²) in [4.78, 5) is 8.63. The molecule has 2 aromatic heterocycles. The van der Waals surface area contributed by atoms with Gasteiger partial charge in [-0.25, -0.2) is 17.6 Å². The van der Waals surface area contributed by atoms with Crippen LogP contribution in [0.5, 0.6) is 0 Å². The van der Waals surface area contributed by atoms with Crippen LogP contribution in [0, 0.1) is 11.8 Å². The summed E-state index contributed by atoms with van der Waals surface area (Å²) in [5.41, 5.74) is 5.96. The number of benzene rings is 1. The lowest BCUT2D eigenvalue weighted by molar-refractivity contribution is -0.0112. The molecule has 0 amide bonds.